The van der Waals surface area contributed by atoms with Gasteiger partial charge in [0.15, 0.2) is 5.82 Å². The summed E-state index contributed by atoms with van der Waals surface area (Å²) in [5, 5.41) is 4.24. The smallest absolute Gasteiger partial charge is 0.270 e. The van der Waals surface area contributed by atoms with Crippen molar-refractivity contribution in [2.24, 2.45) is 0 Å². The fourth-order valence-electron chi connectivity index (χ4n) is 3.22. The highest BCUT2D eigenvalue weighted by molar-refractivity contribution is 5.97. The molecule has 6 heteroatoms. The molecule has 1 saturated heterocycles. The van der Waals surface area contributed by atoms with Crippen molar-refractivity contribution in [3.05, 3.63) is 48.3 Å². The van der Waals surface area contributed by atoms with E-state index in [4.69, 9.17) is 0 Å². The first-order chi connectivity index (χ1) is 12.1. The van der Waals surface area contributed by atoms with Crippen LogP contribution in [0.15, 0.2) is 42.6 Å². The van der Waals surface area contributed by atoms with Crippen LogP contribution in [-0.2, 0) is 0 Å². The molecule has 0 unspecified atom stereocenters. The second-order valence-corrected chi connectivity index (χ2v) is 6.66. The van der Waals surface area contributed by atoms with Crippen LogP contribution in [0.3, 0.4) is 0 Å². The lowest BCUT2D eigenvalue weighted by molar-refractivity contribution is 0.0611. The van der Waals surface area contributed by atoms with E-state index in [1.807, 2.05) is 41.3 Å². The van der Waals surface area contributed by atoms with Gasteiger partial charge in [0.05, 0.1) is 0 Å². The third-order valence-electron chi connectivity index (χ3n) is 4.66. The Morgan fingerprint density at radius 1 is 1.24 bits per heavy atom. The van der Waals surface area contributed by atoms with Crippen LogP contribution in [0.2, 0.25) is 0 Å². The first-order valence-corrected chi connectivity index (χ1v) is 8.57. The molecular weight excluding hydrogens is 314 g/mol. The topological polar surface area (TPSA) is 73.9 Å². The van der Waals surface area contributed by atoms with Gasteiger partial charge in [-0.25, -0.2) is 9.97 Å². The average molecular weight is 335 g/mol. The van der Waals surface area contributed by atoms with E-state index in [9.17, 15) is 4.79 Å². The molecule has 3 heterocycles. The summed E-state index contributed by atoms with van der Waals surface area (Å²) in [6.45, 7) is 5.67. The lowest BCUT2D eigenvalue weighted by Gasteiger charge is -2.37. The van der Waals surface area contributed by atoms with Crippen LogP contribution < -0.4 is 5.32 Å². The molecular formula is C19H21N5O. The van der Waals surface area contributed by atoms with Gasteiger partial charge in [0.2, 0.25) is 0 Å². The molecule has 1 amide bonds. The van der Waals surface area contributed by atoms with Gasteiger partial charge in [0.1, 0.15) is 11.3 Å². The van der Waals surface area contributed by atoms with Crippen LogP contribution in [-0.4, -0.2) is 50.9 Å². The normalized spacial score (nSPS) is 20.8. The van der Waals surface area contributed by atoms with Gasteiger partial charge < -0.3 is 15.2 Å². The van der Waals surface area contributed by atoms with Crippen LogP contribution in [0, 0.1) is 0 Å². The standard InChI is InChI=1S/C19H21N5O/c1-12-11-24(13(2)9-20-12)19(25)16-8-15-10-21-17(23-18(15)22-16)14-6-4-3-5-7-14/h3-8,10,12-13,20H,9,11H2,1-2H3,(H,21,22,23)/t12-,13+/m1/s1. The quantitative estimate of drug-likeness (QED) is 0.754. The maximum Gasteiger partial charge on any atom is 0.270 e. The molecule has 0 saturated carbocycles. The SMILES string of the molecule is C[C@@H]1CN(C(=O)c2cc3cnc(-c4ccccc4)nc3[nH]2)[C@@H](C)CN1. The average Bonchev–Trinajstić information content (AvgIpc) is 3.07. The number of hydrogen-bond donors (Lipinski definition) is 2. The molecule has 6 nitrogen and oxygen atoms in total. The second kappa shape index (κ2) is 6.29. The lowest BCUT2D eigenvalue weighted by atomic mass is 10.1. The molecule has 2 atom stereocenters. The van der Waals surface area contributed by atoms with Crippen molar-refractivity contribution in [2.45, 2.75) is 25.9 Å². The van der Waals surface area contributed by atoms with Crippen molar-refractivity contribution in [2.75, 3.05) is 13.1 Å². The maximum atomic E-state index is 12.9. The molecule has 128 valence electrons. The van der Waals surface area contributed by atoms with Gasteiger partial charge in [-0.3, -0.25) is 4.79 Å². The van der Waals surface area contributed by atoms with Crippen molar-refractivity contribution in [3.63, 3.8) is 0 Å². The summed E-state index contributed by atoms with van der Waals surface area (Å²) in [7, 11) is 0. The minimum Gasteiger partial charge on any atom is -0.335 e. The molecule has 0 spiro atoms. The summed E-state index contributed by atoms with van der Waals surface area (Å²) in [5.74, 6) is 0.665. The molecule has 1 fully saturated rings. The molecule has 2 aromatic heterocycles. The van der Waals surface area contributed by atoms with Gasteiger partial charge in [-0.05, 0) is 19.9 Å². The monoisotopic (exact) mass is 335 g/mol. The zero-order chi connectivity index (χ0) is 17.4. The Bertz CT molecular complexity index is 905. The van der Waals surface area contributed by atoms with Crippen LogP contribution >= 0.6 is 0 Å². The molecule has 0 radical (unpaired) electrons. The highest BCUT2D eigenvalue weighted by Gasteiger charge is 2.28. The molecule has 3 aromatic rings. The van der Waals surface area contributed by atoms with Crippen molar-refractivity contribution in [1.29, 1.82) is 0 Å². The molecule has 2 N–H and O–H groups in total. The van der Waals surface area contributed by atoms with Gasteiger partial charge in [-0.1, -0.05) is 30.3 Å². The van der Waals surface area contributed by atoms with Crippen molar-refractivity contribution in [1.82, 2.24) is 25.2 Å². The Labute approximate surface area is 146 Å². The molecule has 4 rings (SSSR count). The summed E-state index contributed by atoms with van der Waals surface area (Å²) in [6, 6.07) is 12.1. The number of fused-ring (bicyclic) bond motifs is 1. The number of nitrogens with zero attached hydrogens (tertiary/aromatic N) is 3. The maximum absolute atomic E-state index is 12.9. The number of nitrogens with one attached hydrogen (secondary N) is 2. The fraction of sp³-hybridized carbons (Fsp3) is 0.316. The number of aromatic nitrogens is 3. The molecule has 25 heavy (non-hydrogen) atoms. The number of carbonyl (C=O) groups excluding carboxylic acids is 1. The van der Waals surface area contributed by atoms with E-state index in [0.29, 0.717) is 29.8 Å². The van der Waals surface area contributed by atoms with E-state index in [1.54, 1.807) is 6.20 Å². The first-order valence-electron chi connectivity index (χ1n) is 8.57. The predicted octanol–water partition coefficient (Wildman–Crippen LogP) is 2.45. The van der Waals surface area contributed by atoms with Gasteiger partial charge in [0.25, 0.3) is 5.91 Å². The Kier molecular flexibility index (Phi) is 3.97. The largest absolute Gasteiger partial charge is 0.335 e. The third kappa shape index (κ3) is 3.00. The van der Waals surface area contributed by atoms with Crippen LogP contribution in [0.4, 0.5) is 0 Å². The van der Waals surface area contributed by atoms with Gasteiger partial charge in [-0.15, -0.1) is 0 Å². The summed E-state index contributed by atoms with van der Waals surface area (Å²) >= 11 is 0. The number of amides is 1. The Morgan fingerprint density at radius 3 is 2.84 bits per heavy atom. The Hall–Kier alpha value is -2.73. The van der Waals surface area contributed by atoms with E-state index in [1.165, 1.54) is 0 Å². The zero-order valence-corrected chi connectivity index (χ0v) is 14.4. The Morgan fingerprint density at radius 2 is 2.04 bits per heavy atom. The molecule has 1 aliphatic rings. The van der Waals surface area contributed by atoms with Crippen molar-refractivity contribution < 1.29 is 4.79 Å². The molecule has 0 aliphatic carbocycles. The summed E-state index contributed by atoms with van der Waals surface area (Å²) in [6.07, 6.45) is 1.77. The summed E-state index contributed by atoms with van der Waals surface area (Å²) < 4.78 is 0. The summed E-state index contributed by atoms with van der Waals surface area (Å²) in [4.78, 5) is 27.0. The van der Waals surface area contributed by atoms with E-state index in [2.05, 4.69) is 34.1 Å². The van der Waals surface area contributed by atoms with E-state index in [0.717, 1.165) is 17.5 Å². The molecule has 0 bridgehead atoms. The number of hydrogen-bond acceptors (Lipinski definition) is 4. The van der Waals surface area contributed by atoms with Gasteiger partial charge in [0, 0.05) is 42.3 Å². The highest BCUT2D eigenvalue weighted by Crippen LogP contribution is 2.20. The van der Waals surface area contributed by atoms with Gasteiger partial charge >= 0.3 is 0 Å². The number of carbonyl (C=O) groups is 1. The minimum atomic E-state index is 0.0140. The van der Waals surface area contributed by atoms with Crippen LogP contribution in [0.1, 0.15) is 24.3 Å². The Balaban J connectivity index is 1.66. The minimum absolute atomic E-state index is 0.0140. The van der Waals surface area contributed by atoms with Crippen LogP contribution in [0.25, 0.3) is 22.4 Å². The van der Waals surface area contributed by atoms with E-state index >= 15 is 0 Å². The van der Waals surface area contributed by atoms with Crippen molar-refractivity contribution in [3.8, 4) is 11.4 Å². The third-order valence-corrected chi connectivity index (χ3v) is 4.66. The second-order valence-electron chi connectivity index (χ2n) is 6.66. The lowest BCUT2D eigenvalue weighted by Crippen LogP contribution is -2.56. The number of piperazine rings is 1. The number of benzene rings is 1. The van der Waals surface area contributed by atoms with E-state index in [-0.39, 0.29) is 11.9 Å². The van der Waals surface area contributed by atoms with Crippen molar-refractivity contribution >= 4 is 16.9 Å². The van der Waals surface area contributed by atoms with E-state index < -0.39 is 0 Å². The predicted molar refractivity (Wildman–Crippen MR) is 97.3 cm³/mol. The van der Waals surface area contributed by atoms with Crippen LogP contribution in [0.5, 0.6) is 0 Å². The molecule has 1 aromatic carbocycles. The first kappa shape index (κ1) is 15.8. The number of H-pyrrole nitrogens is 1. The fourth-order valence-corrected chi connectivity index (χ4v) is 3.22. The van der Waals surface area contributed by atoms with Gasteiger partial charge in [-0.2, -0.15) is 0 Å². The number of aromatic amines is 1. The zero-order valence-electron chi connectivity index (χ0n) is 14.4. The molecule has 1 aliphatic heterocycles. The summed E-state index contributed by atoms with van der Waals surface area (Å²) in [5.41, 5.74) is 2.21. The highest BCUT2D eigenvalue weighted by atomic mass is 16.2. The number of rotatable bonds is 2.